The van der Waals surface area contributed by atoms with Crippen LogP contribution in [0.25, 0.3) is 0 Å². The van der Waals surface area contributed by atoms with Gasteiger partial charge in [0.25, 0.3) is 0 Å². The van der Waals surface area contributed by atoms with Crippen LogP contribution in [0.3, 0.4) is 0 Å². The van der Waals surface area contributed by atoms with Crippen LogP contribution in [0.4, 0.5) is 0 Å². The smallest absolute Gasteiger partial charge is 0.220 e. The summed E-state index contributed by atoms with van der Waals surface area (Å²) in [5.41, 5.74) is 1.31. The molecule has 0 saturated heterocycles. The Morgan fingerprint density at radius 2 is 1.86 bits per heavy atom. The Balaban J connectivity index is 1.45. The van der Waals surface area contributed by atoms with Crippen molar-refractivity contribution in [2.45, 2.75) is 83.1 Å². The molecule has 21 heavy (non-hydrogen) atoms. The molecular formula is C17H26N2OS. The second kappa shape index (κ2) is 7.39. The molecule has 1 fully saturated rings. The molecule has 1 amide bonds. The van der Waals surface area contributed by atoms with Crippen LogP contribution in [0, 0.1) is 0 Å². The normalized spacial score (nSPS) is 19.8. The van der Waals surface area contributed by atoms with Crippen LogP contribution < -0.4 is 5.32 Å². The monoisotopic (exact) mass is 306 g/mol. The first kappa shape index (κ1) is 15.0. The Hall–Kier alpha value is -0.900. The number of aryl methyl sites for hydroxylation is 3. The second-order valence-corrected chi connectivity index (χ2v) is 7.61. The van der Waals surface area contributed by atoms with Crippen LogP contribution >= 0.6 is 11.3 Å². The number of aromatic nitrogens is 1. The zero-order chi connectivity index (χ0) is 14.5. The summed E-state index contributed by atoms with van der Waals surface area (Å²) in [6.45, 7) is 0. The lowest BCUT2D eigenvalue weighted by atomic mass is 10.0. The van der Waals surface area contributed by atoms with E-state index in [0.717, 1.165) is 30.7 Å². The van der Waals surface area contributed by atoms with Crippen molar-refractivity contribution in [1.29, 1.82) is 0 Å². The Kier molecular flexibility index (Phi) is 5.28. The van der Waals surface area contributed by atoms with E-state index in [1.165, 1.54) is 55.5 Å². The summed E-state index contributed by atoms with van der Waals surface area (Å²) in [5.74, 6) is 0.218. The van der Waals surface area contributed by atoms with Crippen molar-refractivity contribution in [2.24, 2.45) is 0 Å². The number of carbonyl (C=O) groups is 1. The minimum absolute atomic E-state index is 0.218. The predicted molar refractivity (Wildman–Crippen MR) is 86.7 cm³/mol. The van der Waals surface area contributed by atoms with E-state index in [2.05, 4.69) is 5.32 Å². The molecule has 1 aromatic rings. The maximum absolute atomic E-state index is 12.1. The summed E-state index contributed by atoms with van der Waals surface area (Å²) >= 11 is 1.84. The molecule has 0 aliphatic heterocycles. The van der Waals surface area contributed by atoms with Crippen molar-refractivity contribution in [3.8, 4) is 0 Å². The SMILES string of the molecule is O=C(CCc1nc2c(s1)CCCC2)NC1CCCCCC1. The molecule has 3 rings (SSSR count). The minimum Gasteiger partial charge on any atom is -0.353 e. The molecule has 0 aromatic carbocycles. The third kappa shape index (κ3) is 4.29. The first-order valence-corrected chi connectivity index (χ1v) is 9.40. The largest absolute Gasteiger partial charge is 0.353 e. The maximum Gasteiger partial charge on any atom is 0.220 e. The molecule has 4 heteroatoms. The molecule has 0 unspecified atom stereocenters. The quantitative estimate of drug-likeness (QED) is 0.860. The van der Waals surface area contributed by atoms with Gasteiger partial charge in [-0.3, -0.25) is 4.79 Å². The zero-order valence-electron chi connectivity index (χ0n) is 12.8. The van der Waals surface area contributed by atoms with Crippen molar-refractivity contribution < 1.29 is 4.79 Å². The fourth-order valence-corrected chi connectivity index (χ4v) is 4.61. The van der Waals surface area contributed by atoms with Crippen LogP contribution in [-0.2, 0) is 24.1 Å². The van der Waals surface area contributed by atoms with E-state index >= 15 is 0 Å². The average molecular weight is 306 g/mol. The van der Waals surface area contributed by atoms with Crippen LogP contribution in [0.2, 0.25) is 0 Å². The van der Waals surface area contributed by atoms with Gasteiger partial charge in [-0.15, -0.1) is 11.3 Å². The number of rotatable bonds is 4. The number of hydrogen-bond acceptors (Lipinski definition) is 3. The van der Waals surface area contributed by atoms with Gasteiger partial charge in [0.15, 0.2) is 0 Å². The van der Waals surface area contributed by atoms with Crippen LogP contribution in [0.1, 0.15) is 73.4 Å². The molecule has 0 bridgehead atoms. The van der Waals surface area contributed by atoms with Gasteiger partial charge in [0.2, 0.25) is 5.91 Å². The average Bonchev–Trinajstić information content (AvgIpc) is 2.74. The first-order valence-electron chi connectivity index (χ1n) is 8.58. The summed E-state index contributed by atoms with van der Waals surface area (Å²) in [7, 11) is 0. The molecule has 0 atom stereocenters. The van der Waals surface area contributed by atoms with E-state index in [9.17, 15) is 4.79 Å². The summed E-state index contributed by atoms with van der Waals surface area (Å²) in [5, 5.41) is 4.39. The van der Waals surface area contributed by atoms with E-state index < -0.39 is 0 Å². The van der Waals surface area contributed by atoms with Crippen molar-refractivity contribution in [1.82, 2.24) is 10.3 Å². The highest BCUT2D eigenvalue weighted by atomic mass is 32.1. The lowest BCUT2D eigenvalue weighted by Crippen LogP contribution is -2.34. The molecule has 1 heterocycles. The van der Waals surface area contributed by atoms with Gasteiger partial charge >= 0.3 is 0 Å². The standard InChI is InChI=1S/C17H26N2OS/c20-16(18-13-7-3-1-2-4-8-13)11-12-17-19-14-9-5-6-10-15(14)21-17/h13H,1-12H2,(H,18,20). The molecule has 3 nitrogen and oxygen atoms in total. The number of nitrogens with one attached hydrogen (secondary N) is 1. The fourth-order valence-electron chi connectivity index (χ4n) is 3.46. The van der Waals surface area contributed by atoms with Crippen molar-refractivity contribution in [3.05, 3.63) is 15.6 Å². The number of amides is 1. The number of nitrogens with zero attached hydrogens (tertiary/aromatic N) is 1. The topological polar surface area (TPSA) is 42.0 Å². The number of fused-ring (bicyclic) bond motifs is 1. The highest BCUT2D eigenvalue weighted by Gasteiger charge is 2.17. The number of thiazole rings is 1. The maximum atomic E-state index is 12.1. The van der Waals surface area contributed by atoms with E-state index in [1.807, 2.05) is 11.3 Å². The molecule has 1 N–H and O–H groups in total. The summed E-state index contributed by atoms with van der Waals surface area (Å²) in [6.07, 6.45) is 13.9. The highest BCUT2D eigenvalue weighted by Crippen LogP contribution is 2.27. The van der Waals surface area contributed by atoms with Gasteiger partial charge in [0.05, 0.1) is 10.7 Å². The third-order valence-electron chi connectivity index (χ3n) is 4.68. The molecule has 1 saturated carbocycles. The summed E-state index contributed by atoms with van der Waals surface area (Å²) in [4.78, 5) is 18.3. The third-order valence-corrected chi connectivity index (χ3v) is 5.89. The van der Waals surface area contributed by atoms with Crippen LogP contribution in [-0.4, -0.2) is 16.9 Å². The molecule has 0 spiro atoms. The Labute approximate surface area is 131 Å². The first-order chi connectivity index (χ1) is 10.3. The number of carbonyl (C=O) groups excluding carboxylic acids is 1. The van der Waals surface area contributed by atoms with E-state index in [4.69, 9.17) is 4.98 Å². The van der Waals surface area contributed by atoms with Gasteiger partial charge in [-0.2, -0.15) is 0 Å². The molecule has 2 aliphatic carbocycles. The van der Waals surface area contributed by atoms with E-state index in [1.54, 1.807) is 0 Å². The van der Waals surface area contributed by atoms with Gasteiger partial charge in [-0.1, -0.05) is 25.7 Å². The fraction of sp³-hybridized carbons (Fsp3) is 0.765. The Bertz CT molecular complexity index is 452. The van der Waals surface area contributed by atoms with Gasteiger partial charge < -0.3 is 5.32 Å². The van der Waals surface area contributed by atoms with E-state index in [-0.39, 0.29) is 5.91 Å². The van der Waals surface area contributed by atoms with Crippen LogP contribution in [0.5, 0.6) is 0 Å². The predicted octanol–water partition coefficient (Wildman–Crippen LogP) is 3.79. The summed E-state index contributed by atoms with van der Waals surface area (Å²) in [6, 6.07) is 0.421. The molecule has 116 valence electrons. The van der Waals surface area contributed by atoms with E-state index in [0.29, 0.717) is 12.5 Å². The van der Waals surface area contributed by atoms with Crippen molar-refractivity contribution in [3.63, 3.8) is 0 Å². The lowest BCUT2D eigenvalue weighted by molar-refractivity contribution is -0.121. The van der Waals surface area contributed by atoms with Gasteiger partial charge in [0, 0.05) is 23.8 Å². The zero-order valence-corrected chi connectivity index (χ0v) is 13.6. The second-order valence-electron chi connectivity index (χ2n) is 6.44. The Morgan fingerprint density at radius 1 is 1.10 bits per heavy atom. The summed E-state index contributed by atoms with van der Waals surface area (Å²) < 4.78 is 0. The minimum atomic E-state index is 0.218. The van der Waals surface area contributed by atoms with Crippen molar-refractivity contribution in [2.75, 3.05) is 0 Å². The van der Waals surface area contributed by atoms with Gasteiger partial charge in [0.1, 0.15) is 0 Å². The van der Waals surface area contributed by atoms with Crippen molar-refractivity contribution >= 4 is 17.2 Å². The number of hydrogen-bond donors (Lipinski definition) is 1. The highest BCUT2D eigenvalue weighted by molar-refractivity contribution is 7.11. The Morgan fingerprint density at radius 3 is 2.62 bits per heavy atom. The van der Waals surface area contributed by atoms with Gasteiger partial charge in [-0.05, 0) is 38.5 Å². The lowest BCUT2D eigenvalue weighted by Gasteiger charge is -2.15. The molecule has 0 radical (unpaired) electrons. The van der Waals surface area contributed by atoms with Gasteiger partial charge in [-0.25, -0.2) is 4.98 Å². The molecular weight excluding hydrogens is 280 g/mol. The molecule has 1 aromatic heterocycles. The molecule has 2 aliphatic rings. The van der Waals surface area contributed by atoms with Crippen LogP contribution in [0.15, 0.2) is 0 Å².